The number of carboxylic acids is 1. The predicted molar refractivity (Wildman–Crippen MR) is 79.6 cm³/mol. The Morgan fingerprint density at radius 1 is 1.35 bits per heavy atom. The number of hydrogen-bond donors (Lipinski definition) is 1. The van der Waals surface area contributed by atoms with E-state index in [1.807, 2.05) is 17.7 Å². The van der Waals surface area contributed by atoms with Crippen molar-refractivity contribution in [3.63, 3.8) is 0 Å². The van der Waals surface area contributed by atoms with Crippen molar-refractivity contribution in [2.45, 2.75) is 20.4 Å². The zero-order valence-electron chi connectivity index (χ0n) is 11.3. The second-order valence-electron chi connectivity index (χ2n) is 4.87. The van der Waals surface area contributed by atoms with Gasteiger partial charge in [0.2, 0.25) is 0 Å². The molecule has 0 atom stereocenters. The Labute approximate surface area is 120 Å². The van der Waals surface area contributed by atoms with Crippen LogP contribution in [0.5, 0.6) is 0 Å². The molecule has 0 aliphatic heterocycles. The van der Waals surface area contributed by atoms with Gasteiger partial charge in [-0.05, 0) is 25.5 Å². The molecule has 0 aliphatic rings. The molecule has 2 aromatic heterocycles. The molecule has 4 nitrogen and oxygen atoms in total. The van der Waals surface area contributed by atoms with Gasteiger partial charge in [0.25, 0.3) is 0 Å². The van der Waals surface area contributed by atoms with Gasteiger partial charge in [0.1, 0.15) is 9.71 Å². The van der Waals surface area contributed by atoms with Crippen LogP contribution < -0.4 is 0 Å². The Balaban J connectivity index is 2.05. The molecule has 0 bridgehead atoms. The molecule has 1 aromatic carbocycles. The second kappa shape index (κ2) is 4.76. The molecule has 0 aliphatic carbocycles. The number of carboxylic acid groups (broad SMARTS) is 1. The van der Waals surface area contributed by atoms with Crippen LogP contribution in [0.2, 0.25) is 0 Å². The van der Waals surface area contributed by atoms with Crippen molar-refractivity contribution in [1.82, 2.24) is 9.78 Å². The number of benzene rings is 1. The molecular weight excluding hydrogens is 272 g/mol. The van der Waals surface area contributed by atoms with Gasteiger partial charge in [0, 0.05) is 5.39 Å². The fourth-order valence-corrected chi connectivity index (χ4v) is 3.31. The van der Waals surface area contributed by atoms with Crippen molar-refractivity contribution in [2.75, 3.05) is 0 Å². The Hall–Kier alpha value is -2.14. The van der Waals surface area contributed by atoms with Gasteiger partial charge in [-0.3, -0.25) is 4.68 Å². The molecule has 0 fully saturated rings. The lowest BCUT2D eigenvalue weighted by Gasteiger charge is -2.03. The zero-order valence-corrected chi connectivity index (χ0v) is 12.1. The zero-order chi connectivity index (χ0) is 14.3. The van der Waals surface area contributed by atoms with E-state index in [0.717, 1.165) is 15.9 Å². The number of thiophene rings is 1. The maximum atomic E-state index is 11.1. The van der Waals surface area contributed by atoms with Crippen LogP contribution in [0.3, 0.4) is 0 Å². The first-order valence-corrected chi connectivity index (χ1v) is 7.12. The number of aryl methyl sites for hydroxylation is 2. The first-order valence-electron chi connectivity index (χ1n) is 6.30. The first-order chi connectivity index (χ1) is 9.54. The van der Waals surface area contributed by atoms with Crippen molar-refractivity contribution in [2.24, 2.45) is 0 Å². The van der Waals surface area contributed by atoms with Gasteiger partial charge in [0.15, 0.2) is 0 Å². The standard InChI is InChI=1S/C15H14N2O2S/c1-9-4-3-5-11(6-9)8-17-14-12(10(2)16-17)7-13(20-14)15(18)19/h3-7H,8H2,1-2H3,(H,18,19). The van der Waals surface area contributed by atoms with E-state index in [0.29, 0.717) is 11.4 Å². The molecule has 0 saturated heterocycles. The third-order valence-corrected chi connectivity index (χ3v) is 4.37. The largest absolute Gasteiger partial charge is 0.477 e. The Kier molecular flexibility index (Phi) is 3.06. The number of rotatable bonds is 3. The van der Waals surface area contributed by atoms with Crippen LogP contribution in [0.4, 0.5) is 0 Å². The molecule has 3 aromatic rings. The molecule has 0 spiro atoms. The topological polar surface area (TPSA) is 55.1 Å². The van der Waals surface area contributed by atoms with Crippen molar-refractivity contribution >= 4 is 27.5 Å². The van der Waals surface area contributed by atoms with E-state index in [1.54, 1.807) is 6.07 Å². The molecule has 102 valence electrons. The van der Waals surface area contributed by atoms with Gasteiger partial charge < -0.3 is 5.11 Å². The van der Waals surface area contributed by atoms with E-state index in [9.17, 15) is 4.79 Å². The number of carbonyl (C=O) groups is 1. The van der Waals surface area contributed by atoms with Crippen LogP contribution in [0.15, 0.2) is 30.3 Å². The highest BCUT2D eigenvalue weighted by Gasteiger charge is 2.15. The summed E-state index contributed by atoms with van der Waals surface area (Å²) in [6, 6.07) is 9.96. The third kappa shape index (κ3) is 2.20. The molecule has 0 unspecified atom stereocenters. The van der Waals surface area contributed by atoms with Crippen LogP contribution in [0.25, 0.3) is 10.2 Å². The second-order valence-corrected chi connectivity index (χ2v) is 5.90. The fraction of sp³-hybridized carbons (Fsp3) is 0.200. The highest BCUT2D eigenvalue weighted by molar-refractivity contribution is 7.20. The van der Waals surface area contributed by atoms with Gasteiger partial charge in [-0.15, -0.1) is 11.3 Å². The molecular formula is C15H14N2O2S. The van der Waals surface area contributed by atoms with Crippen LogP contribution in [0.1, 0.15) is 26.5 Å². The molecule has 0 amide bonds. The summed E-state index contributed by atoms with van der Waals surface area (Å²) in [6.07, 6.45) is 0. The van der Waals surface area contributed by atoms with Gasteiger partial charge in [-0.1, -0.05) is 29.8 Å². The van der Waals surface area contributed by atoms with Crippen molar-refractivity contribution in [3.8, 4) is 0 Å². The normalized spacial score (nSPS) is 11.1. The van der Waals surface area contributed by atoms with E-state index in [1.165, 1.54) is 22.5 Å². The highest BCUT2D eigenvalue weighted by atomic mass is 32.1. The minimum atomic E-state index is -0.882. The van der Waals surface area contributed by atoms with E-state index in [4.69, 9.17) is 5.11 Å². The first kappa shape index (κ1) is 12.9. The number of hydrogen-bond acceptors (Lipinski definition) is 3. The Morgan fingerprint density at radius 3 is 2.85 bits per heavy atom. The van der Waals surface area contributed by atoms with Gasteiger partial charge in [-0.2, -0.15) is 5.10 Å². The van der Waals surface area contributed by atoms with Crippen molar-refractivity contribution in [1.29, 1.82) is 0 Å². The molecule has 1 N–H and O–H groups in total. The summed E-state index contributed by atoms with van der Waals surface area (Å²) in [5.74, 6) is -0.882. The van der Waals surface area contributed by atoms with E-state index < -0.39 is 5.97 Å². The predicted octanol–water partition coefficient (Wildman–Crippen LogP) is 3.46. The lowest BCUT2D eigenvalue weighted by molar-refractivity contribution is 0.0702. The SMILES string of the molecule is Cc1cccc(Cn2nc(C)c3cc(C(=O)O)sc32)c1. The molecule has 3 rings (SSSR count). The summed E-state index contributed by atoms with van der Waals surface area (Å²) < 4.78 is 1.89. The maximum Gasteiger partial charge on any atom is 0.345 e. The average Bonchev–Trinajstić information content (AvgIpc) is 2.92. The quantitative estimate of drug-likeness (QED) is 0.802. The molecule has 5 heteroatoms. The molecule has 0 radical (unpaired) electrons. The van der Waals surface area contributed by atoms with Gasteiger partial charge >= 0.3 is 5.97 Å². The van der Waals surface area contributed by atoms with Gasteiger partial charge in [-0.25, -0.2) is 4.79 Å². The van der Waals surface area contributed by atoms with Crippen molar-refractivity contribution in [3.05, 3.63) is 52.0 Å². The monoisotopic (exact) mass is 286 g/mol. The molecule has 20 heavy (non-hydrogen) atoms. The van der Waals surface area contributed by atoms with Crippen LogP contribution >= 0.6 is 11.3 Å². The van der Waals surface area contributed by atoms with Crippen LogP contribution in [-0.4, -0.2) is 20.9 Å². The Morgan fingerprint density at radius 2 is 2.15 bits per heavy atom. The smallest absolute Gasteiger partial charge is 0.345 e. The molecule has 2 heterocycles. The number of aromatic carboxylic acids is 1. The maximum absolute atomic E-state index is 11.1. The summed E-state index contributed by atoms with van der Waals surface area (Å²) in [5, 5.41) is 14.5. The van der Waals surface area contributed by atoms with E-state index in [-0.39, 0.29) is 0 Å². The summed E-state index contributed by atoms with van der Waals surface area (Å²) >= 11 is 1.28. The highest BCUT2D eigenvalue weighted by Crippen LogP contribution is 2.28. The van der Waals surface area contributed by atoms with Crippen molar-refractivity contribution < 1.29 is 9.90 Å². The van der Waals surface area contributed by atoms with Crippen LogP contribution in [0, 0.1) is 13.8 Å². The number of nitrogens with zero attached hydrogens (tertiary/aromatic N) is 2. The molecule has 0 saturated carbocycles. The summed E-state index contributed by atoms with van der Waals surface area (Å²) in [6.45, 7) is 4.63. The summed E-state index contributed by atoms with van der Waals surface area (Å²) in [4.78, 5) is 12.4. The number of fused-ring (bicyclic) bond motifs is 1. The van der Waals surface area contributed by atoms with E-state index >= 15 is 0 Å². The summed E-state index contributed by atoms with van der Waals surface area (Å²) in [5.41, 5.74) is 3.25. The lowest BCUT2D eigenvalue weighted by Crippen LogP contribution is -2.01. The Bertz CT molecular complexity index is 801. The number of aromatic nitrogens is 2. The fourth-order valence-electron chi connectivity index (χ4n) is 2.31. The van der Waals surface area contributed by atoms with Gasteiger partial charge in [0.05, 0.1) is 12.2 Å². The lowest BCUT2D eigenvalue weighted by atomic mass is 10.1. The minimum Gasteiger partial charge on any atom is -0.477 e. The van der Waals surface area contributed by atoms with Crippen LogP contribution in [-0.2, 0) is 6.54 Å². The van der Waals surface area contributed by atoms with E-state index in [2.05, 4.69) is 30.2 Å². The summed E-state index contributed by atoms with van der Waals surface area (Å²) in [7, 11) is 0. The minimum absolute atomic E-state index is 0.360. The average molecular weight is 286 g/mol. The third-order valence-electron chi connectivity index (χ3n) is 3.23.